The van der Waals surface area contributed by atoms with Crippen LogP contribution in [0.25, 0.3) is 0 Å². The lowest BCUT2D eigenvalue weighted by Gasteiger charge is -2.28. The van der Waals surface area contributed by atoms with Crippen LogP contribution >= 0.6 is 0 Å². The number of carbonyl (C=O) groups excluding carboxylic acids is 4. The molecule has 2 aliphatic rings. The molecule has 1 aliphatic carbocycles. The molecule has 5 rings (SSSR count). The third-order valence-electron chi connectivity index (χ3n) is 7.24. The van der Waals surface area contributed by atoms with Crippen LogP contribution in [0.1, 0.15) is 41.1 Å². The van der Waals surface area contributed by atoms with E-state index in [9.17, 15) is 19.2 Å². The van der Waals surface area contributed by atoms with E-state index in [1.165, 1.54) is 22.6 Å². The molecule has 3 atom stereocenters. The zero-order valence-corrected chi connectivity index (χ0v) is 21.0. The van der Waals surface area contributed by atoms with Gasteiger partial charge in [0.2, 0.25) is 11.8 Å². The second-order valence-electron chi connectivity index (χ2n) is 9.55. The Bertz CT molecular complexity index is 1350. The molecule has 3 aromatic carbocycles. The number of ether oxygens (including phenoxy) is 2. The van der Waals surface area contributed by atoms with E-state index in [1.54, 1.807) is 43.5 Å². The molecule has 1 saturated heterocycles. The molecule has 0 bridgehead atoms. The van der Waals surface area contributed by atoms with Crippen LogP contribution in [0.2, 0.25) is 0 Å². The minimum absolute atomic E-state index is 0.150. The molecule has 8 nitrogen and oxygen atoms in total. The predicted octanol–water partition coefficient (Wildman–Crippen LogP) is 4.56. The Morgan fingerprint density at radius 3 is 2.37 bits per heavy atom. The van der Waals surface area contributed by atoms with Crippen molar-refractivity contribution in [1.29, 1.82) is 0 Å². The number of esters is 1. The number of amides is 3. The lowest BCUT2D eigenvalue weighted by molar-refractivity contribution is -0.122. The Morgan fingerprint density at radius 2 is 1.63 bits per heavy atom. The standard InChI is InChI=1S/C30H28N2O6/c1-37-24-13-11-22(12-14-24)31-27(33)18-38-30(36)21-8-5-9-23(16-21)32-28(34)25-15-10-20(17-26(25)29(32)35)19-6-3-2-4-7-19/h2-9,11-14,16,20,25-26H,10,15,17-18H2,1H3,(H,31,33)/t20-,25+,26+/m0/s1. The highest BCUT2D eigenvalue weighted by molar-refractivity contribution is 6.22. The first-order valence-corrected chi connectivity index (χ1v) is 12.6. The molecule has 1 saturated carbocycles. The number of rotatable bonds is 7. The number of hydrogen-bond donors (Lipinski definition) is 1. The summed E-state index contributed by atoms with van der Waals surface area (Å²) in [5.41, 5.74) is 2.21. The van der Waals surface area contributed by atoms with Crippen molar-refractivity contribution in [2.75, 3.05) is 23.9 Å². The number of carbonyl (C=O) groups is 4. The first kappa shape index (κ1) is 25.2. The Morgan fingerprint density at radius 1 is 0.895 bits per heavy atom. The fraction of sp³-hybridized carbons (Fsp3) is 0.267. The monoisotopic (exact) mass is 512 g/mol. The van der Waals surface area contributed by atoms with Gasteiger partial charge >= 0.3 is 5.97 Å². The van der Waals surface area contributed by atoms with Gasteiger partial charge in [-0.2, -0.15) is 0 Å². The van der Waals surface area contributed by atoms with Gasteiger partial charge in [-0.3, -0.25) is 19.3 Å². The molecular weight excluding hydrogens is 484 g/mol. The van der Waals surface area contributed by atoms with E-state index < -0.39 is 18.5 Å². The maximum Gasteiger partial charge on any atom is 0.338 e. The minimum Gasteiger partial charge on any atom is -0.497 e. The van der Waals surface area contributed by atoms with Crippen molar-refractivity contribution in [3.05, 3.63) is 90.0 Å². The van der Waals surface area contributed by atoms with Crippen molar-refractivity contribution in [3.8, 4) is 5.75 Å². The van der Waals surface area contributed by atoms with Gasteiger partial charge in [0.15, 0.2) is 6.61 Å². The number of benzene rings is 3. The average molecular weight is 513 g/mol. The van der Waals surface area contributed by atoms with Gasteiger partial charge in [-0.05, 0) is 73.2 Å². The Balaban J connectivity index is 1.23. The van der Waals surface area contributed by atoms with Crippen molar-refractivity contribution in [1.82, 2.24) is 0 Å². The molecule has 8 heteroatoms. The normalized spacial score (nSPS) is 20.6. The maximum absolute atomic E-state index is 13.4. The largest absolute Gasteiger partial charge is 0.497 e. The number of methoxy groups -OCH3 is 1. The first-order valence-electron chi connectivity index (χ1n) is 12.6. The lowest BCUT2D eigenvalue weighted by Crippen LogP contribution is -2.31. The fourth-order valence-corrected chi connectivity index (χ4v) is 5.32. The minimum atomic E-state index is -0.725. The molecule has 38 heavy (non-hydrogen) atoms. The highest BCUT2D eigenvalue weighted by Crippen LogP contribution is 2.45. The third kappa shape index (κ3) is 5.16. The Hall–Kier alpha value is -4.46. The zero-order valence-electron chi connectivity index (χ0n) is 21.0. The smallest absolute Gasteiger partial charge is 0.338 e. The van der Waals surface area contributed by atoms with Crippen molar-refractivity contribution in [2.24, 2.45) is 11.8 Å². The molecule has 2 fully saturated rings. The molecule has 1 aliphatic heterocycles. The van der Waals surface area contributed by atoms with E-state index in [-0.39, 0.29) is 35.1 Å². The van der Waals surface area contributed by atoms with E-state index >= 15 is 0 Å². The lowest BCUT2D eigenvalue weighted by atomic mass is 9.73. The van der Waals surface area contributed by atoms with Gasteiger partial charge in [-0.1, -0.05) is 36.4 Å². The van der Waals surface area contributed by atoms with Crippen LogP contribution in [-0.4, -0.2) is 37.4 Å². The van der Waals surface area contributed by atoms with Crippen LogP contribution in [0.15, 0.2) is 78.9 Å². The summed E-state index contributed by atoms with van der Waals surface area (Å²) in [6, 6.07) is 23.0. The van der Waals surface area contributed by atoms with Crippen LogP contribution < -0.4 is 15.0 Å². The molecule has 3 amide bonds. The topological polar surface area (TPSA) is 102 Å². The Labute approximate surface area is 220 Å². The summed E-state index contributed by atoms with van der Waals surface area (Å²) in [4.78, 5) is 52.7. The SMILES string of the molecule is COc1ccc(NC(=O)COC(=O)c2cccc(N3C(=O)[C@@H]4CC[C@H](c5ccccc5)C[C@H]4C3=O)c2)cc1. The van der Waals surface area contributed by atoms with Crippen molar-refractivity contribution >= 4 is 35.1 Å². The molecule has 0 unspecified atom stereocenters. The third-order valence-corrected chi connectivity index (χ3v) is 7.24. The second-order valence-corrected chi connectivity index (χ2v) is 9.55. The Kier molecular flexibility index (Phi) is 7.22. The molecule has 0 radical (unpaired) electrons. The van der Waals surface area contributed by atoms with E-state index in [4.69, 9.17) is 9.47 Å². The number of hydrogen-bond acceptors (Lipinski definition) is 6. The van der Waals surface area contributed by atoms with E-state index in [1.807, 2.05) is 18.2 Å². The summed E-state index contributed by atoms with van der Waals surface area (Å²) < 4.78 is 10.3. The van der Waals surface area contributed by atoms with Gasteiger partial charge < -0.3 is 14.8 Å². The number of anilines is 2. The molecule has 194 valence electrons. The van der Waals surface area contributed by atoms with E-state index in [2.05, 4.69) is 17.4 Å². The predicted molar refractivity (Wildman–Crippen MR) is 141 cm³/mol. The quantitative estimate of drug-likeness (QED) is 0.368. The maximum atomic E-state index is 13.4. The molecular formula is C30H28N2O6. The highest BCUT2D eigenvalue weighted by atomic mass is 16.5. The highest BCUT2D eigenvalue weighted by Gasteiger charge is 2.50. The van der Waals surface area contributed by atoms with Gasteiger partial charge in [0, 0.05) is 5.69 Å². The number of nitrogens with zero attached hydrogens (tertiary/aromatic N) is 1. The molecule has 0 spiro atoms. The summed E-state index contributed by atoms with van der Waals surface area (Å²) in [7, 11) is 1.55. The molecule has 1 N–H and O–H groups in total. The van der Waals surface area contributed by atoms with Crippen LogP contribution in [0.5, 0.6) is 5.75 Å². The van der Waals surface area contributed by atoms with Gasteiger partial charge in [0.1, 0.15) is 5.75 Å². The van der Waals surface area contributed by atoms with E-state index in [0.29, 0.717) is 30.0 Å². The summed E-state index contributed by atoms with van der Waals surface area (Å²) in [6.07, 6.45) is 2.13. The average Bonchev–Trinajstić information content (AvgIpc) is 3.21. The molecule has 1 heterocycles. The van der Waals surface area contributed by atoms with Crippen LogP contribution in [0.4, 0.5) is 11.4 Å². The number of fused-ring (bicyclic) bond motifs is 1. The molecule has 0 aromatic heterocycles. The van der Waals surface area contributed by atoms with Gasteiger partial charge in [0.05, 0.1) is 30.2 Å². The van der Waals surface area contributed by atoms with Gasteiger partial charge in [-0.25, -0.2) is 4.79 Å². The first-order chi connectivity index (χ1) is 18.4. The summed E-state index contributed by atoms with van der Waals surface area (Å²) in [6.45, 7) is -0.484. The van der Waals surface area contributed by atoms with Gasteiger partial charge in [-0.15, -0.1) is 0 Å². The van der Waals surface area contributed by atoms with Crippen molar-refractivity contribution in [2.45, 2.75) is 25.2 Å². The van der Waals surface area contributed by atoms with Crippen LogP contribution in [0, 0.1) is 11.8 Å². The fourth-order valence-electron chi connectivity index (χ4n) is 5.32. The summed E-state index contributed by atoms with van der Waals surface area (Å²) >= 11 is 0. The summed E-state index contributed by atoms with van der Waals surface area (Å²) in [5, 5.41) is 2.64. The summed E-state index contributed by atoms with van der Waals surface area (Å²) in [5.74, 6) is -1.52. The molecule has 3 aromatic rings. The van der Waals surface area contributed by atoms with E-state index in [0.717, 1.165) is 6.42 Å². The van der Waals surface area contributed by atoms with Crippen molar-refractivity contribution in [3.63, 3.8) is 0 Å². The zero-order chi connectivity index (χ0) is 26.6. The van der Waals surface area contributed by atoms with Crippen molar-refractivity contribution < 1.29 is 28.7 Å². The number of nitrogens with one attached hydrogen (secondary N) is 1. The number of imide groups is 1. The van der Waals surface area contributed by atoms with Gasteiger partial charge in [0.25, 0.3) is 5.91 Å². The van der Waals surface area contributed by atoms with Crippen LogP contribution in [-0.2, 0) is 19.1 Å². The second kappa shape index (κ2) is 10.9. The van der Waals surface area contributed by atoms with Crippen LogP contribution in [0.3, 0.4) is 0 Å².